The molecular weight excluding hydrogens is 389 g/mol. The fraction of sp³-hybridized carbons (Fsp3) is 0.500. The van der Waals surface area contributed by atoms with Crippen LogP contribution in [0.15, 0.2) is 24.3 Å². The highest BCUT2D eigenvalue weighted by molar-refractivity contribution is 5.97. The summed E-state index contributed by atoms with van der Waals surface area (Å²) in [7, 11) is 0. The molecule has 2 N–H and O–H groups in total. The van der Waals surface area contributed by atoms with Crippen LogP contribution in [0, 0.1) is 0 Å². The fourth-order valence-electron chi connectivity index (χ4n) is 2.91. The maximum atomic E-state index is 13.4. The molecule has 6 nitrogen and oxygen atoms in total. The lowest BCUT2D eigenvalue weighted by Gasteiger charge is -2.22. The van der Waals surface area contributed by atoms with Crippen LogP contribution in [0.3, 0.4) is 0 Å². The Balaban J connectivity index is 2.41. The quantitative estimate of drug-likeness (QED) is 0.725. The van der Waals surface area contributed by atoms with Crippen LogP contribution in [0.2, 0.25) is 0 Å². The van der Waals surface area contributed by atoms with E-state index in [2.05, 4.69) is 0 Å². The molecule has 1 aromatic carbocycles. The van der Waals surface area contributed by atoms with Crippen molar-refractivity contribution >= 4 is 22.8 Å². The summed E-state index contributed by atoms with van der Waals surface area (Å²) in [5.74, 6) is -1.37. The molecule has 0 aliphatic heterocycles. The van der Waals surface area contributed by atoms with Crippen molar-refractivity contribution in [1.82, 2.24) is 4.57 Å². The molecule has 1 atom stereocenters. The minimum Gasteiger partial charge on any atom is -0.461 e. The van der Waals surface area contributed by atoms with Gasteiger partial charge in [0.1, 0.15) is 17.3 Å². The monoisotopic (exact) mass is 414 g/mol. The standard InChI is InChI=1S/C20H25F3N2O4/c1-5-28-18(27)16-11-12-13(20(21,22)23)7-6-8-15(12)25(16)10-9-14(24)17(26)29-19(2,3)4/h6-8,11,14H,5,9-10,24H2,1-4H3. The number of alkyl halides is 3. The number of hydrogen-bond donors (Lipinski definition) is 1. The molecule has 0 radical (unpaired) electrons. The Bertz CT molecular complexity index is 897. The number of rotatable bonds is 6. The molecule has 0 spiro atoms. The van der Waals surface area contributed by atoms with Crippen LogP contribution < -0.4 is 5.73 Å². The van der Waals surface area contributed by atoms with E-state index in [-0.39, 0.29) is 36.2 Å². The molecule has 2 aromatic rings. The largest absolute Gasteiger partial charge is 0.461 e. The molecule has 0 saturated heterocycles. The fourth-order valence-corrected chi connectivity index (χ4v) is 2.91. The number of fused-ring (bicyclic) bond motifs is 1. The number of hydrogen-bond acceptors (Lipinski definition) is 5. The third-order valence-corrected chi connectivity index (χ3v) is 4.11. The topological polar surface area (TPSA) is 83.5 Å². The van der Waals surface area contributed by atoms with E-state index in [1.807, 2.05) is 0 Å². The molecule has 1 heterocycles. The van der Waals surface area contributed by atoms with Gasteiger partial charge in [-0.05, 0) is 52.3 Å². The molecule has 29 heavy (non-hydrogen) atoms. The van der Waals surface area contributed by atoms with Crippen molar-refractivity contribution in [3.63, 3.8) is 0 Å². The van der Waals surface area contributed by atoms with Gasteiger partial charge < -0.3 is 19.8 Å². The first kappa shape index (κ1) is 22.7. The first-order valence-corrected chi connectivity index (χ1v) is 9.20. The number of nitrogens with zero attached hydrogens (tertiary/aromatic N) is 1. The summed E-state index contributed by atoms with van der Waals surface area (Å²) in [5, 5.41) is -0.117. The van der Waals surface area contributed by atoms with Crippen molar-refractivity contribution in [3.05, 3.63) is 35.5 Å². The number of esters is 2. The molecule has 0 saturated carbocycles. The summed E-state index contributed by atoms with van der Waals surface area (Å²) in [6, 6.07) is 3.87. The van der Waals surface area contributed by atoms with Crippen molar-refractivity contribution in [2.45, 2.75) is 58.5 Å². The van der Waals surface area contributed by atoms with E-state index in [9.17, 15) is 22.8 Å². The van der Waals surface area contributed by atoms with E-state index in [4.69, 9.17) is 15.2 Å². The summed E-state index contributed by atoms with van der Waals surface area (Å²) in [6.07, 6.45) is -4.51. The van der Waals surface area contributed by atoms with Gasteiger partial charge in [-0.25, -0.2) is 4.79 Å². The second kappa shape index (κ2) is 8.44. The number of aromatic nitrogens is 1. The van der Waals surface area contributed by atoms with Crippen LogP contribution in [0.4, 0.5) is 13.2 Å². The molecule has 160 valence electrons. The molecular formula is C20H25F3N2O4. The summed E-state index contributed by atoms with van der Waals surface area (Å²) >= 11 is 0. The molecule has 0 bridgehead atoms. The van der Waals surface area contributed by atoms with Crippen LogP contribution >= 0.6 is 0 Å². The summed E-state index contributed by atoms with van der Waals surface area (Å²) < 4.78 is 51.7. The minimum absolute atomic E-state index is 0.0325. The average Bonchev–Trinajstić information content (AvgIpc) is 2.96. The number of carbonyl (C=O) groups excluding carboxylic acids is 2. The summed E-state index contributed by atoms with van der Waals surface area (Å²) in [5.41, 5.74) is 4.49. The third kappa shape index (κ3) is 5.50. The number of carbonyl (C=O) groups is 2. The normalized spacial score (nSPS) is 13.4. The number of halogens is 3. The molecule has 2 rings (SSSR count). The van der Waals surface area contributed by atoms with Crippen LogP contribution in [-0.4, -0.2) is 34.8 Å². The number of ether oxygens (including phenoxy) is 2. The van der Waals surface area contributed by atoms with E-state index in [0.29, 0.717) is 0 Å². The number of benzene rings is 1. The SMILES string of the molecule is CCOC(=O)c1cc2c(C(F)(F)F)cccc2n1CCC(N)C(=O)OC(C)(C)C. The van der Waals surface area contributed by atoms with Gasteiger partial charge in [0.2, 0.25) is 0 Å². The first-order valence-electron chi connectivity index (χ1n) is 9.20. The van der Waals surface area contributed by atoms with Crippen molar-refractivity contribution in [3.8, 4) is 0 Å². The van der Waals surface area contributed by atoms with E-state index in [0.717, 1.165) is 12.1 Å². The first-order chi connectivity index (χ1) is 13.3. The average molecular weight is 414 g/mol. The van der Waals surface area contributed by atoms with Crippen LogP contribution in [-0.2, 0) is 27.0 Å². The molecule has 9 heteroatoms. The van der Waals surface area contributed by atoms with E-state index in [1.54, 1.807) is 27.7 Å². The van der Waals surface area contributed by atoms with Gasteiger partial charge in [-0.1, -0.05) is 6.07 Å². The van der Waals surface area contributed by atoms with Crippen molar-refractivity contribution in [1.29, 1.82) is 0 Å². The lowest BCUT2D eigenvalue weighted by molar-refractivity contribution is -0.156. The second-order valence-electron chi connectivity index (χ2n) is 7.57. The zero-order chi connectivity index (χ0) is 22.0. The highest BCUT2D eigenvalue weighted by atomic mass is 19.4. The Kier molecular flexibility index (Phi) is 6.62. The lowest BCUT2D eigenvalue weighted by atomic mass is 10.1. The van der Waals surface area contributed by atoms with Gasteiger partial charge in [-0.3, -0.25) is 4.79 Å². The smallest absolute Gasteiger partial charge is 0.417 e. The van der Waals surface area contributed by atoms with Gasteiger partial charge in [-0.2, -0.15) is 13.2 Å². The Morgan fingerprint density at radius 3 is 2.41 bits per heavy atom. The van der Waals surface area contributed by atoms with Crippen LogP contribution in [0.1, 0.15) is 50.2 Å². The zero-order valence-corrected chi connectivity index (χ0v) is 16.8. The van der Waals surface area contributed by atoms with E-state index >= 15 is 0 Å². The van der Waals surface area contributed by atoms with Crippen molar-refractivity contribution < 1.29 is 32.2 Å². The van der Waals surface area contributed by atoms with Gasteiger partial charge in [0.15, 0.2) is 0 Å². The van der Waals surface area contributed by atoms with Crippen molar-refractivity contribution in [2.75, 3.05) is 6.61 Å². The maximum absolute atomic E-state index is 13.4. The molecule has 0 fully saturated rings. The molecule has 1 unspecified atom stereocenters. The Morgan fingerprint density at radius 2 is 1.86 bits per heavy atom. The Labute approximate surface area is 166 Å². The molecule has 0 aliphatic rings. The maximum Gasteiger partial charge on any atom is 0.417 e. The van der Waals surface area contributed by atoms with Crippen molar-refractivity contribution in [2.24, 2.45) is 5.73 Å². The van der Waals surface area contributed by atoms with E-state index in [1.165, 1.54) is 16.7 Å². The Hall–Kier alpha value is -2.55. The van der Waals surface area contributed by atoms with Gasteiger partial charge in [0, 0.05) is 17.4 Å². The predicted octanol–water partition coefficient (Wildman–Crippen LogP) is 3.90. The molecule has 0 amide bonds. The summed E-state index contributed by atoms with van der Waals surface area (Å²) in [4.78, 5) is 24.4. The molecule has 0 aliphatic carbocycles. The number of aryl methyl sites for hydroxylation is 1. The minimum atomic E-state index is -4.58. The van der Waals surface area contributed by atoms with E-state index < -0.39 is 35.3 Å². The Morgan fingerprint density at radius 1 is 1.21 bits per heavy atom. The van der Waals surface area contributed by atoms with Gasteiger partial charge in [0.25, 0.3) is 0 Å². The van der Waals surface area contributed by atoms with Crippen LogP contribution in [0.25, 0.3) is 10.9 Å². The highest BCUT2D eigenvalue weighted by Gasteiger charge is 2.34. The zero-order valence-electron chi connectivity index (χ0n) is 16.8. The number of nitrogens with two attached hydrogens (primary N) is 1. The van der Waals surface area contributed by atoms with Gasteiger partial charge in [-0.15, -0.1) is 0 Å². The van der Waals surface area contributed by atoms with Gasteiger partial charge in [0.05, 0.1) is 12.2 Å². The van der Waals surface area contributed by atoms with Gasteiger partial charge >= 0.3 is 18.1 Å². The lowest BCUT2D eigenvalue weighted by Crippen LogP contribution is -2.38. The van der Waals surface area contributed by atoms with Crippen LogP contribution in [0.5, 0.6) is 0 Å². The highest BCUT2D eigenvalue weighted by Crippen LogP contribution is 2.36. The predicted molar refractivity (Wildman–Crippen MR) is 101 cm³/mol. The third-order valence-electron chi connectivity index (χ3n) is 4.11. The second-order valence-corrected chi connectivity index (χ2v) is 7.57. The molecule has 1 aromatic heterocycles. The summed E-state index contributed by atoms with van der Waals surface area (Å²) in [6.45, 7) is 6.82.